The van der Waals surface area contributed by atoms with Gasteiger partial charge in [0.15, 0.2) is 0 Å². The largest absolute Gasteiger partial charge is 0.459 e. The van der Waals surface area contributed by atoms with E-state index in [1.807, 2.05) is 27.7 Å². The molecule has 10 heteroatoms. The first-order chi connectivity index (χ1) is 14.1. The summed E-state index contributed by atoms with van der Waals surface area (Å²) in [5.74, 6) is -1.72. The summed E-state index contributed by atoms with van der Waals surface area (Å²) in [6.07, 6.45) is -0.609. The Bertz CT molecular complexity index is 539. The van der Waals surface area contributed by atoms with Crippen molar-refractivity contribution >= 4 is 24.1 Å². The Morgan fingerprint density at radius 2 is 1.03 bits per heavy atom. The number of ether oxygens (including phenoxy) is 4. The van der Waals surface area contributed by atoms with E-state index in [1.165, 1.54) is 0 Å². The quantitative estimate of drug-likeness (QED) is 0.274. The van der Waals surface area contributed by atoms with Crippen LogP contribution in [0.25, 0.3) is 0 Å². The molecule has 0 rings (SSSR count). The minimum Gasteiger partial charge on any atom is -0.459 e. The molecule has 0 bridgehead atoms. The average Bonchev–Trinajstić information content (AvgIpc) is 2.66. The highest BCUT2D eigenvalue weighted by Crippen LogP contribution is 2.09. The van der Waals surface area contributed by atoms with E-state index < -0.39 is 36.3 Å². The third-order valence-electron chi connectivity index (χ3n) is 3.78. The van der Waals surface area contributed by atoms with E-state index in [0.717, 1.165) is 12.2 Å². The van der Waals surface area contributed by atoms with E-state index in [-0.39, 0.29) is 25.0 Å². The van der Waals surface area contributed by atoms with Crippen LogP contribution in [0.3, 0.4) is 0 Å². The maximum Gasteiger partial charge on any atom is 0.407 e. The van der Waals surface area contributed by atoms with Crippen LogP contribution in [-0.4, -0.2) is 62.6 Å². The van der Waals surface area contributed by atoms with Crippen LogP contribution >= 0.6 is 0 Å². The predicted molar refractivity (Wildman–Crippen MR) is 109 cm³/mol. The summed E-state index contributed by atoms with van der Waals surface area (Å²) in [7, 11) is 0. The summed E-state index contributed by atoms with van der Waals surface area (Å²) < 4.78 is 20.4. The van der Waals surface area contributed by atoms with Crippen molar-refractivity contribution in [3.05, 3.63) is 12.2 Å². The number of amides is 2. The fraction of sp³-hybridized carbons (Fsp3) is 0.700. The van der Waals surface area contributed by atoms with Crippen molar-refractivity contribution in [3.63, 3.8) is 0 Å². The van der Waals surface area contributed by atoms with Gasteiger partial charge in [0.1, 0.15) is 25.4 Å². The second-order valence-electron chi connectivity index (χ2n) is 7.03. The molecule has 0 aromatic carbocycles. The van der Waals surface area contributed by atoms with Gasteiger partial charge in [0.05, 0.1) is 0 Å². The molecule has 0 spiro atoms. The SMILES string of the molecule is CCNC(=O)O[C@@H](COC(=O)/C=C/C(=O)OC[C@H](OC(=O)NCC)C(C)C)C(C)C. The molecule has 0 unspecified atom stereocenters. The van der Waals surface area contributed by atoms with Gasteiger partial charge in [0, 0.05) is 25.2 Å². The summed E-state index contributed by atoms with van der Waals surface area (Å²) in [4.78, 5) is 46.6. The van der Waals surface area contributed by atoms with E-state index in [2.05, 4.69) is 10.6 Å². The fourth-order valence-electron chi connectivity index (χ4n) is 1.93. The van der Waals surface area contributed by atoms with Crippen LogP contribution in [0.1, 0.15) is 41.5 Å². The Balaban J connectivity index is 4.49. The molecule has 0 saturated carbocycles. The van der Waals surface area contributed by atoms with Gasteiger partial charge in [-0.25, -0.2) is 19.2 Å². The second-order valence-corrected chi connectivity index (χ2v) is 7.03. The van der Waals surface area contributed by atoms with Crippen molar-refractivity contribution in [2.75, 3.05) is 26.3 Å². The highest BCUT2D eigenvalue weighted by atomic mass is 16.6. The number of carbonyl (C=O) groups is 4. The van der Waals surface area contributed by atoms with E-state index in [1.54, 1.807) is 13.8 Å². The molecular weight excluding hydrogens is 396 g/mol. The molecule has 2 atom stereocenters. The van der Waals surface area contributed by atoms with Crippen molar-refractivity contribution in [2.45, 2.75) is 53.8 Å². The molecule has 2 N–H and O–H groups in total. The Kier molecular flexibility index (Phi) is 13.7. The van der Waals surface area contributed by atoms with Crippen LogP contribution in [-0.2, 0) is 28.5 Å². The first kappa shape index (κ1) is 27.2. The van der Waals surface area contributed by atoms with Gasteiger partial charge < -0.3 is 29.6 Å². The minimum atomic E-state index is -0.781. The number of alkyl carbamates (subject to hydrolysis) is 2. The highest BCUT2D eigenvalue weighted by Gasteiger charge is 2.21. The monoisotopic (exact) mass is 430 g/mol. The van der Waals surface area contributed by atoms with Crippen molar-refractivity contribution < 1.29 is 38.1 Å². The normalized spacial score (nSPS) is 12.9. The zero-order valence-corrected chi connectivity index (χ0v) is 18.6. The zero-order chi connectivity index (χ0) is 23.1. The van der Waals surface area contributed by atoms with Gasteiger partial charge in [-0.3, -0.25) is 0 Å². The molecule has 10 nitrogen and oxygen atoms in total. The van der Waals surface area contributed by atoms with Gasteiger partial charge >= 0.3 is 24.1 Å². The summed E-state index contributed by atoms with van der Waals surface area (Å²) >= 11 is 0. The van der Waals surface area contributed by atoms with Gasteiger partial charge in [-0.05, 0) is 25.7 Å². The van der Waals surface area contributed by atoms with Crippen molar-refractivity contribution in [2.24, 2.45) is 11.8 Å². The Morgan fingerprint density at radius 3 is 1.30 bits per heavy atom. The Labute approximate surface area is 177 Å². The van der Waals surface area contributed by atoms with Crippen molar-refractivity contribution in [3.8, 4) is 0 Å². The molecule has 0 aliphatic rings. The number of hydrogen-bond acceptors (Lipinski definition) is 8. The number of carbonyl (C=O) groups excluding carboxylic acids is 4. The first-order valence-corrected chi connectivity index (χ1v) is 10.0. The summed E-state index contributed by atoms with van der Waals surface area (Å²) in [6, 6.07) is 0. The van der Waals surface area contributed by atoms with Gasteiger partial charge in [-0.2, -0.15) is 0 Å². The number of rotatable bonds is 12. The van der Waals surface area contributed by atoms with Crippen LogP contribution in [0.4, 0.5) is 9.59 Å². The highest BCUT2D eigenvalue weighted by molar-refractivity contribution is 5.91. The van der Waals surface area contributed by atoms with Crippen LogP contribution < -0.4 is 10.6 Å². The van der Waals surface area contributed by atoms with Gasteiger partial charge in [0.25, 0.3) is 0 Å². The predicted octanol–water partition coefficient (Wildman–Crippen LogP) is 2.17. The van der Waals surface area contributed by atoms with E-state index in [0.29, 0.717) is 13.1 Å². The fourth-order valence-corrected chi connectivity index (χ4v) is 1.93. The lowest BCUT2D eigenvalue weighted by Gasteiger charge is -2.21. The molecule has 30 heavy (non-hydrogen) atoms. The topological polar surface area (TPSA) is 129 Å². The summed E-state index contributed by atoms with van der Waals surface area (Å²) in [6.45, 7) is 11.3. The third-order valence-corrected chi connectivity index (χ3v) is 3.78. The molecule has 0 heterocycles. The molecule has 2 amide bonds. The Morgan fingerprint density at radius 1 is 0.700 bits per heavy atom. The maximum absolute atomic E-state index is 11.8. The lowest BCUT2D eigenvalue weighted by Crippen LogP contribution is -2.35. The molecule has 0 aromatic heterocycles. The van der Waals surface area contributed by atoms with Gasteiger partial charge in [0.2, 0.25) is 0 Å². The molecule has 0 radical (unpaired) electrons. The number of nitrogens with one attached hydrogen (secondary N) is 2. The number of esters is 2. The van der Waals surface area contributed by atoms with Crippen molar-refractivity contribution in [1.29, 1.82) is 0 Å². The van der Waals surface area contributed by atoms with E-state index >= 15 is 0 Å². The smallest absolute Gasteiger partial charge is 0.407 e. The first-order valence-electron chi connectivity index (χ1n) is 10.0. The third kappa shape index (κ3) is 12.6. The standard InChI is InChI=1S/C20H34N2O8/c1-7-21-19(25)29-15(13(3)4)11-27-17(23)9-10-18(24)28-12-16(14(5)6)30-20(26)22-8-2/h9-10,13-16H,7-8,11-12H2,1-6H3,(H,21,25)(H,22,26)/b10-9+/t15-,16-/m0/s1. The molecule has 0 aliphatic carbocycles. The van der Waals surface area contributed by atoms with Crippen LogP contribution in [0, 0.1) is 11.8 Å². The van der Waals surface area contributed by atoms with Gasteiger partial charge in [-0.1, -0.05) is 27.7 Å². The minimum absolute atomic E-state index is 0.0766. The lowest BCUT2D eigenvalue weighted by atomic mass is 10.1. The van der Waals surface area contributed by atoms with Crippen LogP contribution in [0.5, 0.6) is 0 Å². The van der Waals surface area contributed by atoms with Gasteiger partial charge in [-0.15, -0.1) is 0 Å². The van der Waals surface area contributed by atoms with Crippen molar-refractivity contribution in [1.82, 2.24) is 10.6 Å². The molecule has 0 saturated heterocycles. The lowest BCUT2D eigenvalue weighted by molar-refractivity contribution is -0.144. The van der Waals surface area contributed by atoms with Crippen LogP contribution in [0.2, 0.25) is 0 Å². The average molecular weight is 430 g/mol. The second kappa shape index (κ2) is 15.1. The molecule has 0 fully saturated rings. The van der Waals surface area contributed by atoms with Crippen LogP contribution in [0.15, 0.2) is 12.2 Å². The molecule has 0 aliphatic heterocycles. The number of hydrogen-bond donors (Lipinski definition) is 2. The van der Waals surface area contributed by atoms with E-state index in [9.17, 15) is 19.2 Å². The summed E-state index contributed by atoms with van der Waals surface area (Å²) in [5, 5.41) is 4.99. The summed E-state index contributed by atoms with van der Waals surface area (Å²) in [5.41, 5.74) is 0. The molecular formula is C20H34N2O8. The maximum atomic E-state index is 11.8. The molecule has 172 valence electrons. The zero-order valence-electron chi connectivity index (χ0n) is 18.6. The van der Waals surface area contributed by atoms with E-state index in [4.69, 9.17) is 18.9 Å². The molecule has 0 aromatic rings. The Hall–Kier alpha value is -2.78.